The van der Waals surface area contributed by atoms with Crippen molar-refractivity contribution < 1.29 is 9.90 Å². The monoisotopic (exact) mass is 129 g/mol. The third kappa shape index (κ3) is 1.68. The molecule has 0 spiro atoms. The average molecular weight is 129 g/mol. The van der Waals surface area contributed by atoms with Crippen LogP contribution in [0.15, 0.2) is 0 Å². The molecule has 0 bridgehead atoms. The molecular formula is C6H11NO2. The van der Waals surface area contributed by atoms with Gasteiger partial charge in [0.05, 0.1) is 6.10 Å². The predicted molar refractivity (Wildman–Crippen MR) is 32.9 cm³/mol. The van der Waals surface area contributed by atoms with Gasteiger partial charge in [0.15, 0.2) is 0 Å². The van der Waals surface area contributed by atoms with Crippen LogP contribution in [0.3, 0.4) is 0 Å². The fraction of sp³-hybridized carbons (Fsp3) is 0.833. The number of amides is 1. The van der Waals surface area contributed by atoms with Crippen LogP contribution in [0.25, 0.3) is 0 Å². The molecule has 0 saturated carbocycles. The lowest BCUT2D eigenvalue weighted by Crippen LogP contribution is -2.36. The summed E-state index contributed by atoms with van der Waals surface area (Å²) in [5, 5.41) is 9.01. The highest BCUT2D eigenvalue weighted by molar-refractivity contribution is 5.47. The average Bonchev–Trinajstić information content (AvgIpc) is 1.88. The topological polar surface area (TPSA) is 40.5 Å². The Bertz CT molecular complexity index is 105. The zero-order chi connectivity index (χ0) is 6.69. The van der Waals surface area contributed by atoms with Crippen molar-refractivity contribution in [1.29, 1.82) is 0 Å². The smallest absolute Gasteiger partial charge is 0.209 e. The van der Waals surface area contributed by atoms with Crippen molar-refractivity contribution in [2.24, 2.45) is 0 Å². The minimum Gasteiger partial charge on any atom is -0.391 e. The van der Waals surface area contributed by atoms with Crippen LogP contribution in [0, 0.1) is 0 Å². The first kappa shape index (κ1) is 6.55. The fourth-order valence-electron chi connectivity index (χ4n) is 1.08. The lowest BCUT2D eigenvalue weighted by atomic mass is 10.1. The number of carbonyl (C=O) groups excluding carboxylic acids is 1. The molecule has 0 aromatic heterocycles. The molecule has 52 valence electrons. The lowest BCUT2D eigenvalue weighted by molar-refractivity contribution is -0.120. The molecule has 3 nitrogen and oxygen atoms in total. The summed E-state index contributed by atoms with van der Waals surface area (Å²) < 4.78 is 0. The Balaban J connectivity index is 2.31. The van der Waals surface area contributed by atoms with Crippen LogP contribution >= 0.6 is 0 Å². The van der Waals surface area contributed by atoms with Gasteiger partial charge in [0.25, 0.3) is 0 Å². The van der Waals surface area contributed by atoms with Crippen LogP contribution in [0.2, 0.25) is 0 Å². The van der Waals surface area contributed by atoms with E-state index in [9.17, 15) is 4.79 Å². The van der Waals surface area contributed by atoms with Gasteiger partial charge < -0.3 is 10.0 Å². The van der Waals surface area contributed by atoms with Crippen molar-refractivity contribution in [2.45, 2.75) is 18.9 Å². The van der Waals surface area contributed by atoms with E-state index in [1.165, 1.54) is 0 Å². The van der Waals surface area contributed by atoms with Crippen LogP contribution in [0.4, 0.5) is 0 Å². The summed E-state index contributed by atoms with van der Waals surface area (Å²) in [5.41, 5.74) is 0. The van der Waals surface area contributed by atoms with Crippen LogP contribution < -0.4 is 0 Å². The minimum atomic E-state index is -0.288. The quantitative estimate of drug-likeness (QED) is 0.489. The summed E-state index contributed by atoms with van der Waals surface area (Å²) in [4.78, 5) is 11.7. The van der Waals surface area contributed by atoms with Crippen LogP contribution in [0.5, 0.6) is 0 Å². The van der Waals surface area contributed by atoms with E-state index >= 15 is 0 Å². The van der Waals surface area contributed by atoms with Gasteiger partial charge in [-0.25, -0.2) is 0 Å². The van der Waals surface area contributed by atoms with E-state index in [0.717, 1.165) is 25.8 Å². The molecule has 1 N–H and O–H groups in total. The third-order valence-corrected chi connectivity index (χ3v) is 1.58. The summed E-state index contributed by atoms with van der Waals surface area (Å²) in [7, 11) is 0. The summed E-state index contributed by atoms with van der Waals surface area (Å²) in [6, 6.07) is 0. The van der Waals surface area contributed by atoms with Crippen molar-refractivity contribution >= 4 is 6.41 Å². The predicted octanol–water partition coefficient (Wildman–Crippen LogP) is -0.401. The van der Waals surface area contributed by atoms with E-state index < -0.39 is 0 Å². The van der Waals surface area contributed by atoms with E-state index in [2.05, 4.69) is 0 Å². The van der Waals surface area contributed by atoms with E-state index in [1.807, 2.05) is 0 Å². The first-order valence-electron chi connectivity index (χ1n) is 3.20. The molecular weight excluding hydrogens is 118 g/mol. The van der Waals surface area contributed by atoms with Gasteiger partial charge in [0, 0.05) is 13.1 Å². The zero-order valence-corrected chi connectivity index (χ0v) is 5.29. The van der Waals surface area contributed by atoms with Crippen LogP contribution in [-0.4, -0.2) is 35.6 Å². The number of nitrogens with zero attached hydrogens (tertiary/aromatic N) is 1. The van der Waals surface area contributed by atoms with Crippen LogP contribution in [-0.2, 0) is 4.79 Å². The van der Waals surface area contributed by atoms with Gasteiger partial charge in [-0.15, -0.1) is 0 Å². The molecule has 3 heteroatoms. The summed E-state index contributed by atoms with van der Waals surface area (Å²) in [6.07, 6.45) is 2.27. The van der Waals surface area contributed by atoms with Crippen molar-refractivity contribution in [3.05, 3.63) is 0 Å². The highest BCUT2D eigenvalue weighted by Crippen LogP contribution is 2.06. The Morgan fingerprint density at radius 1 is 1.67 bits per heavy atom. The van der Waals surface area contributed by atoms with Gasteiger partial charge in [-0.2, -0.15) is 0 Å². The maximum Gasteiger partial charge on any atom is 0.209 e. The van der Waals surface area contributed by atoms with Crippen molar-refractivity contribution in [2.75, 3.05) is 13.1 Å². The Morgan fingerprint density at radius 3 is 2.89 bits per heavy atom. The van der Waals surface area contributed by atoms with Crippen molar-refractivity contribution in [3.8, 4) is 0 Å². The van der Waals surface area contributed by atoms with E-state index in [1.54, 1.807) is 4.90 Å². The number of aliphatic hydroxyl groups excluding tert-OH is 1. The minimum absolute atomic E-state index is 0.288. The highest BCUT2D eigenvalue weighted by Gasteiger charge is 2.14. The van der Waals surface area contributed by atoms with Gasteiger partial charge in [0.1, 0.15) is 0 Å². The summed E-state index contributed by atoms with van der Waals surface area (Å²) in [5.74, 6) is 0. The van der Waals surface area contributed by atoms with E-state index in [-0.39, 0.29) is 6.10 Å². The normalized spacial score (nSPS) is 28.1. The molecule has 1 fully saturated rings. The Kier molecular flexibility index (Phi) is 2.05. The standard InChI is InChI=1S/C6H11NO2/c8-5-7-3-1-2-6(9)4-7/h5-6,9H,1-4H2/t6-/m0/s1. The first-order valence-corrected chi connectivity index (χ1v) is 3.20. The second kappa shape index (κ2) is 2.82. The SMILES string of the molecule is O=CN1CCC[C@H](O)C1. The maximum atomic E-state index is 10.1. The van der Waals surface area contributed by atoms with Gasteiger partial charge >= 0.3 is 0 Å². The van der Waals surface area contributed by atoms with Crippen molar-refractivity contribution in [3.63, 3.8) is 0 Å². The first-order chi connectivity index (χ1) is 4.33. The summed E-state index contributed by atoms with van der Waals surface area (Å²) in [6.45, 7) is 1.32. The largest absolute Gasteiger partial charge is 0.391 e. The Morgan fingerprint density at radius 2 is 2.44 bits per heavy atom. The highest BCUT2D eigenvalue weighted by atomic mass is 16.3. The molecule has 0 aromatic carbocycles. The maximum absolute atomic E-state index is 10.1. The molecule has 1 aliphatic heterocycles. The second-order valence-corrected chi connectivity index (χ2v) is 2.40. The molecule has 9 heavy (non-hydrogen) atoms. The van der Waals surface area contributed by atoms with Crippen LogP contribution in [0.1, 0.15) is 12.8 Å². The second-order valence-electron chi connectivity index (χ2n) is 2.40. The number of β-amino-alcohol motifs (C(OH)–C–C–N with tert-alkyl or cyclic N) is 1. The van der Waals surface area contributed by atoms with Gasteiger partial charge in [0.2, 0.25) is 6.41 Å². The van der Waals surface area contributed by atoms with Crippen molar-refractivity contribution in [1.82, 2.24) is 4.90 Å². The molecule has 1 saturated heterocycles. The lowest BCUT2D eigenvalue weighted by Gasteiger charge is -2.26. The molecule has 1 heterocycles. The van der Waals surface area contributed by atoms with Gasteiger partial charge in [-0.1, -0.05) is 0 Å². The molecule has 0 aliphatic carbocycles. The van der Waals surface area contributed by atoms with E-state index in [4.69, 9.17) is 5.11 Å². The Labute approximate surface area is 54.3 Å². The zero-order valence-electron chi connectivity index (χ0n) is 5.29. The molecule has 0 unspecified atom stereocenters. The summed E-state index contributed by atoms with van der Waals surface area (Å²) >= 11 is 0. The number of likely N-dealkylation sites (tertiary alicyclic amines) is 1. The van der Waals surface area contributed by atoms with Gasteiger partial charge in [-0.3, -0.25) is 4.79 Å². The Hall–Kier alpha value is -0.570. The fourth-order valence-corrected chi connectivity index (χ4v) is 1.08. The molecule has 1 rings (SSSR count). The number of hydrogen-bond acceptors (Lipinski definition) is 2. The number of piperidine rings is 1. The number of hydrogen-bond donors (Lipinski definition) is 1. The van der Waals surface area contributed by atoms with E-state index in [0.29, 0.717) is 6.54 Å². The molecule has 0 radical (unpaired) electrons. The number of rotatable bonds is 1. The van der Waals surface area contributed by atoms with Gasteiger partial charge in [-0.05, 0) is 12.8 Å². The molecule has 1 atom stereocenters. The molecule has 0 aromatic rings. The molecule has 1 aliphatic rings. The third-order valence-electron chi connectivity index (χ3n) is 1.58. The number of carbonyl (C=O) groups is 1. The molecule has 1 amide bonds. The number of aliphatic hydroxyl groups is 1.